The van der Waals surface area contributed by atoms with E-state index in [2.05, 4.69) is 22.0 Å². The minimum Gasteiger partial charge on any atom is -0.322 e. The first-order valence-corrected chi connectivity index (χ1v) is 10.1. The zero-order valence-electron chi connectivity index (χ0n) is 16.6. The van der Waals surface area contributed by atoms with Crippen molar-refractivity contribution >= 4 is 22.7 Å². The minimum absolute atomic E-state index is 0.229. The van der Waals surface area contributed by atoms with Crippen molar-refractivity contribution in [3.8, 4) is 0 Å². The molecule has 0 aliphatic carbocycles. The Labute approximate surface area is 170 Å². The predicted molar refractivity (Wildman–Crippen MR) is 116 cm³/mol. The fraction of sp³-hybridized carbons (Fsp3) is 0.292. The highest BCUT2D eigenvalue weighted by molar-refractivity contribution is 6.04. The molecular formula is C24H26FN3O. The quantitative estimate of drug-likeness (QED) is 0.734. The van der Waals surface area contributed by atoms with Crippen LogP contribution in [-0.2, 0) is 0 Å². The Kier molecular flexibility index (Phi) is 5.88. The molecule has 5 heteroatoms. The highest BCUT2D eigenvalue weighted by atomic mass is 19.1. The predicted octanol–water partition coefficient (Wildman–Crippen LogP) is 4.14. The summed E-state index contributed by atoms with van der Waals surface area (Å²) in [4.78, 5) is 12.7. The lowest BCUT2D eigenvalue weighted by Gasteiger charge is -2.17. The highest BCUT2D eigenvalue weighted by Gasteiger charge is 2.15. The van der Waals surface area contributed by atoms with Crippen LogP contribution in [0.1, 0.15) is 39.9 Å². The van der Waals surface area contributed by atoms with E-state index >= 15 is 0 Å². The molecule has 2 aliphatic heterocycles. The number of carbonyl (C=O) groups excluding carboxylic acids is 1. The van der Waals surface area contributed by atoms with Crippen LogP contribution >= 0.6 is 0 Å². The fourth-order valence-electron chi connectivity index (χ4n) is 3.84. The molecule has 29 heavy (non-hydrogen) atoms. The summed E-state index contributed by atoms with van der Waals surface area (Å²) in [5.74, 6) is -0.528. The third-order valence-electron chi connectivity index (χ3n) is 5.55. The number of carbonyl (C=O) groups is 1. The van der Waals surface area contributed by atoms with Crippen LogP contribution < -0.4 is 16.0 Å². The maximum Gasteiger partial charge on any atom is 0.255 e. The van der Waals surface area contributed by atoms with Crippen LogP contribution in [0.25, 0.3) is 11.1 Å². The normalized spacial score (nSPS) is 16.8. The van der Waals surface area contributed by atoms with Crippen molar-refractivity contribution in [3.63, 3.8) is 0 Å². The van der Waals surface area contributed by atoms with Gasteiger partial charge in [0.25, 0.3) is 5.91 Å². The summed E-state index contributed by atoms with van der Waals surface area (Å²) in [6.45, 7) is 5.36. The van der Waals surface area contributed by atoms with Gasteiger partial charge in [-0.05, 0) is 79.4 Å². The van der Waals surface area contributed by atoms with Gasteiger partial charge >= 0.3 is 0 Å². The smallest absolute Gasteiger partial charge is 0.255 e. The van der Waals surface area contributed by atoms with Gasteiger partial charge < -0.3 is 16.0 Å². The molecule has 2 heterocycles. The van der Waals surface area contributed by atoms with Gasteiger partial charge in [-0.2, -0.15) is 0 Å². The molecule has 2 aromatic carbocycles. The van der Waals surface area contributed by atoms with E-state index < -0.39 is 0 Å². The van der Waals surface area contributed by atoms with E-state index in [-0.39, 0.29) is 11.7 Å². The standard InChI is InChI=1S/C24H26FN3O/c1-16-14-21(19-8-12-27-13-9-19)22(25)15-23(16)28-24(29)20-4-2-17(3-5-20)18-6-10-26-11-7-18/h2-6,8,14-15,26-27H,7,9-13H2,1H3,(H,28,29). The average Bonchev–Trinajstić information content (AvgIpc) is 2.77. The van der Waals surface area contributed by atoms with Crippen molar-refractivity contribution in [2.45, 2.75) is 19.8 Å². The van der Waals surface area contributed by atoms with Gasteiger partial charge in [0.05, 0.1) is 0 Å². The van der Waals surface area contributed by atoms with Crippen molar-refractivity contribution in [1.29, 1.82) is 0 Å². The van der Waals surface area contributed by atoms with Gasteiger partial charge in [-0.25, -0.2) is 4.39 Å². The molecular weight excluding hydrogens is 365 g/mol. The van der Waals surface area contributed by atoms with E-state index in [1.807, 2.05) is 43.3 Å². The topological polar surface area (TPSA) is 53.2 Å². The summed E-state index contributed by atoms with van der Waals surface area (Å²) in [7, 11) is 0. The molecule has 0 unspecified atom stereocenters. The van der Waals surface area contributed by atoms with Crippen molar-refractivity contribution in [1.82, 2.24) is 10.6 Å². The van der Waals surface area contributed by atoms with Crippen molar-refractivity contribution < 1.29 is 9.18 Å². The van der Waals surface area contributed by atoms with E-state index in [0.717, 1.165) is 55.7 Å². The Hall–Kier alpha value is -2.76. The number of halogens is 1. The molecule has 1 amide bonds. The first-order valence-electron chi connectivity index (χ1n) is 10.1. The Bertz CT molecular complexity index is 976. The van der Waals surface area contributed by atoms with E-state index in [9.17, 15) is 9.18 Å². The second-order valence-electron chi connectivity index (χ2n) is 7.55. The molecule has 2 aliphatic rings. The summed E-state index contributed by atoms with van der Waals surface area (Å²) in [6, 6.07) is 10.9. The van der Waals surface area contributed by atoms with Crippen LogP contribution in [0.3, 0.4) is 0 Å². The number of nitrogens with one attached hydrogen (secondary N) is 3. The molecule has 0 saturated carbocycles. The SMILES string of the molecule is Cc1cc(C2=CCNCC2)c(F)cc1NC(=O)c1ccc(C2=CCNCC2)cc1. The molecule has 0 aromatic heterocycles. The van der Waals surface area contributed by atoms with Crippen molar-refractivity contribution in [3.05, 3.63) is 76.6 Å². The summed E-state index contributed by atoms with van der Waals surface area (Å²) in [6.07, 6.45) is 6.01. The van der Waals surface area contributed by atoms with Crippen molar-refractivity contribution in [2.75, 3.05) is 31.5 Å². The summed E-state index contributed by atoms with van der Waals surface area (Å²) in [5, 5.41) is 9.40. The van der Waals surface area contributed by atoms with Gasteiger partial charge in [0.2, 0.25) is 0 Å². The molecule has 4 rings (SSSR count). The van der Waals surface area contributed by atoms with Gasteiger partial charge in [0, 0.05) is 29.9 Å². The van der Waals surface area contributed by atoms with E-state index in [1.165, 1.54) is 11.6 Å². The summed E-state index contributed by atoms with van der Waals surface area (Å²) < 4.78 is 14.7. The lowest BCUT2D eigenvalue weighted by atomic mass is 9.97. The van der Waals surface area contributed by atoms with Crippen LogP contribution in [0.15, 0.2) is 48.6 Å². The zero-order valence-corrected chi connectivity index (χ0v) is 16.6. The number of anilines is 1. The summed E-state index contributed by atoms with van der Waals surface area (Å²) in [5.41, 5.74) is 6.02. The average molecular weight is 391 g/mol. The van der Waals surface area contributed by atoms with Gasteiger partial charge in [-0.1, -0.05) is 24.3 Å². The van der Waals surface area contributed by atoms with Gasteiger partial charge in [-0.15, -0.1) is 0 Å². The third kappa shape index (κ3) is 4.47. The maximum absolute atomic E-state index is 14.7. The largest absolute Gasteiger partial charge is 0.322 e. The summed E-state index contributed by atoms with van der Waals surface area (Å²) >= 11 is 0. The Morgan fingerprint density at radius 1 is 0.966 bits per heavy atom. The molecule has 4 nitrogen and oxygen atoms in total. The second kappa shape index (κ2) is 8.72. The van der Waals surface area contributed by atoms with Gasteiger partial charge in [-0.3, -0.25) is 4.79 Å². The first kappa shape index (κ1) is 19.6. The first-order chi connectivity index (χ1) is 14.1. The molecule has 0 fully saturated rings. The van der Waals surface area contributed by atoms with Crippen LogP contribution in [0.5, 0.6) is 0 Å². The van der Waals surface area contributed by atoms with E-state index in [4.69, 9.17) is 0 Å². The van der Waals surface area contributed by atoms with Crippen molar-refractivity contribution in [2.24, 2.45) is 0 Å². The zero-order chi connectivity index (χ0) is 20.2. The third-order valence-corrected chi connectivity index (χ3v) is 5.55. The number of aryl methyl sites for hydroxylation is 1. The molecule has 0 spiro atoms. The van der Waals surface area contributed by atoms with Gasteiger partial charge in [0.1, 0.15) is 5.82 Å². The number of rotatable bonds is 4. The molecule has 0 atom stereocenters. The Balaban J connectivity index is 1.50. The van der Waals surface area contributed by atoms with Crippen LogP contribution in [-0.4, -0.2) is 32.1 Å². The highest BCUT2D eigenvalue weighted by Crippen LogP contribution is 2.28. The van der Waals surface area contributed by atoms with Crippen LogP contribution in [0, 0.1) is 12.7 Å². The molecule has 0 saturated heterocycles. The monoisotopic (exact) mass is 391 g/mol. The Morgan fingerprint density at radius 2 is 1.62 bits per heavy atom. The molecule has 0 radical (unpaired) electrons. The van der Waals surface area contributed by atoms with Gasteiger partial charge in [0.15, 0.2) is 0 Å². The lowest BCUT2D eigenvalue weighted by Crippen LogP contribution is -2.20. The maximum atomic E-state index is 14.7. The van der Waals surface area contributed by atoms with Crippen LogP contribution in [0.2, 0.25) is 0 Å². The number of benzene rings is 2. The fourth-order valence-corrected chi connectivity index (χ4v) is 3.84. The number of hydrogen-bond donors (Lipinski definition) is 3. The van der Waals surface area contributed by atoms with E-state index in [1.54, 1.807) is 0 Å². The van der Waals surface area contributed by atoms with Crippen LogP contribution in [0.4, 0.5) is 10.1 Å². The minimum atomic E-state index is -0.299. The molecule has 2 aromatic rings. The molecule has 150 valence electrons. The van der Waals surface area contributed by atoms with E-state index in [0.29, 0.717) is 16.8 Å². The number of hydrogen-bond acceptors (Lipinski definition) is 3. The number of amides is 1. The molecule has 0 bridgehead atoms. The second-order valence-corrected chi connectivity index (χ2v) is 7.55. The Morgan fingerprint density at radius 3 is 2.24 bits per heavy atom. The lowest BCUT2D eigenvalue weighted by molar-refractivity contribution is 0.102. The molecule has 3 N–H and O–H groups in total.